The van der Waals surface area contributed by atoms with Gasteiger partial charge in [0.05, 0.1) is 12.1 Å². The Morgan fingerprint density at radius 1 is 1.10 bits per heavy atom. The second-order valence-electron chi connectivity index (χ2n) is 5.42. The van der Waals surface area contributed by atoms with Gasteiger partial charge >= 0.3 is 0 Å². The van der Waals surface area contributed by atoms with Crippen LogP contribution in [-0.4, -0.2) is 11.2 Å². The number of aliphatic hydroxyl groups excluding tert-OH is 1. The lowest BCUT2D eigenvalue weighted by Crippen LogP contribution is -2.31. The van der Waals surface area contributed by atoms with Gasteiger partial charge in [-0.1, -0.05) is 56.7 Å². The fourth-order valence-electron chi connectivity index (χ4n) is 2.54. The van der Waals surface area contributed by atoms with Gasteiger partial charge in [0.15, 0.2) is 0 Å². The largest absolute Gasteiger partial charge is 0.391 e. The molecule has 20 heavy (non-hydrogen) atoms. The topological polar surface area (TPSA) is 46.2 Å². The molecule has 0 aromatic heterocycles. The number of fused-ring (bicyclic) bond motifs is 1. The summed E-state index contributed by atoms with van der Waals surface area (Å²) in [6, 6.07) is 12.1. The molecular formula is C17H24ClNO. The first-order valence-corrected chi connectivity index (χ1v) is 6.98. The zero-order valence-electron chi connectivity index (χ0n) is 12.3. The summed E-state index contributed by atoms with van der Waals surface area (Å²) in [5.74, 6) is 0.204. The van der Waals surface area contributed by atoms with Crippen molar-refractivity contribution in [1.82, 2.24) is 0 Å². The Labute approximate surface area is 127 Å². The predicted molar refractivity (Wildman–Crippen MR) is 88.3 cm³/mol. The standard InChI is InChI=1S/C17H23NO.ClH/c1-4-11(2)17(19)16(18)15-10-9-12(3)13-7-5-6-8-14(13)15;/h5-11,16-17,19H,4,18H2,1-3H3;1H/t11?,16-,17+;/m0./s1. The lowest BCUT2D eigenvalue weighted by Gasteiger charge is -2.25. The number of halogens is 1. The molecule has 0 amide bonds. The number of aliphatic hydroxyl groups is 1. The minimum atomic E-state index is -0.504. The first kappa shape index (κ1) is 17.0. The Bertz CT molecular complexity index is 570. The Kier molecular flexibility index (Phi) is 6.00. The van der Waals surface area contributed by atoms with Crippen LogP contribution >= 0.6 is 12.4 Å². The zero-order chi connectivity index (χ0) is 14.0. The highest BCUT2D eigenvalue weighted by molar-refractivity contribution is 5.89. The van der Waals surface area contributed by atoms with Crippen molar-refractivity contribution < 1.29 is 5.11 Å². The van der Waals surface area contributed by atoms with Crippen LogP contribution in [-0.2, 0) is 0 Å². The Morgan fingerprint density at radius 3 is 2.30 bits per heavy atom. The molecule has 3 N–H and O–H groups in total. The van der Waals surface area contributed by atoms with Gasteiger partial charge in [-0.2, -0.15) is 0 Å². The van der Waals surface area contributed by atoms with Crippen LogP contribution in [0.1, 0.15) is 37.4 Å². The number of hydrogen-bond donors (Lipinski definition) is 2. The van der Waals surface area contributed by atoms with Crippen LogP contribution in [0.3, 0.4) is 0 Å². The third-order valence-corrected chi connectivity index (χ3v) is 4.13. The third-order valence-electron chi connectivity index (χ3n) is 4.13. The molecule has 0 heterocycles. The summed E-state index contributed by atoms with van der Waals surface area (Å²) in [6.07, 6.45) is 0.426. The molecule has 2 rings (SSSR count). The first-order chi connectivity index (χ1) is 9.06. The molecular weight excluding hydrogens is 270 g/mol. The average molecular weight is 294 g/mol. The molecule has 3 heteroatoms. The van der Waals surface area contributed by atoms with Crippen molar-refractivity contribution in [1.29, 1.82) is 0 Å². The van der Waals surface area contributed by atoms with E-state index in [0.29, 0.717) is 0 Å². The molecule has 1 unspecified atom stereocenters. The fraction of sp³-hybridized carbons (Fsp3) is 0.412. The summed E-state index contributed by atoms with van der Waals surface area (Å²) < 4.78 is 0. The van der Waals surface area contributed by atoms with Crippen molar-refractivity contribution in [2.45, 2.75) is 39.3 Å². The maximum Gasteiger partial charge on any atom is 0.0758 e. The monoisotopic (exact) mass is 293 g/mol. The lowest BCUT2D eigenvalue weighted by atomic mass is 9.88. The number of rotatable bonds is 4. The predicted octanol–water partition coefficient (Wildman–Crippen LogP) is 3.98. The van der Waals surface area contributed by atoms with Crippen LogP contribution in [0.25, 0.3) is 10.8 Å². The minimum Gasteiger partial charge on any atom is -0.391 e. The molecule has 0 aliphatic heterocycles. The summed E-state index contributed by atoms with van der Waals surface area (Å²) in [5.41, 5.74) is 8.56. The molecule has 0 spiro atoms. The van der Waals surface area contributed by atoms with E-state index < -0.39 is 6.10 Å². The smallest absolute Gasteiger partial charge is 0.0758 e. The number of benzene rings is 2. The van der Waals surface area contributed by atoms with Gasteiger partial charge in [0.1, 0.15) is 0 Å². The van der Waals surface area contributed by atoms with Crippen molar-refractivity contribution in [2.75, 3.05) is 0 Å². The second-order valence-corrected chi connectivity index (χ2v) is 5.42. The van der Waals surface area contributed by atoms with E-state index in [-0.39, 0.29) is 24.4 Å². The average Bonchev–Trinajstić information content (AvgIpc) is 2.45. The molecule has 2 aromatic rings. The van der Waals surface area contributed by atoms with Gasteiger partial charge in [0.25, 0.3) is 0 Å². The molecule has 0 saturated carbocycles. The van der Waals surface area contributed by atoms with E-state index in [4.69, 9.17) is 5.73 Å². The maximum atomic E-state index is 10.3. The summed E-state index contributed by atoms with van der Waals surface area (Å²) >= 11 is 0. The highest BCUT2D eigenvalue weighted by Crippen LogP contribution is 2.29. The second kappa shape index (κ2) is 7.07. The fourth-order valence-corrected chi connectivity index (χ4v) is 2.54. The van der Waals surface area contributed by atoms with E-state index in [1.54, 1.807) is 0 Å². The van der Waals surface area contributed by atoms with Crippen molar-refractivity contribution in [3.63, 3.8) is 0 Å². The summed E-state index contributed by atoms with van der Waals surface area (Å²) in [4.78, 5) is 0. The molecule has 0 aliphatic rings. The van der Waals surface area contributed by atoms with Crippen LogP contribution in [0.4, 0.5) is 0 Å². The SMILES string of the molecule is CCC(C)[C@@H](O)[C@@H](N)c1ccc(C)c2ccccc12.Cl. The van der Waals surface area contributed by atoms with E-state index in [2.05, 4.69) is 32.0 Å². The number of hydrogen-bond acceptors (Lipinski definition) is 2. The quantitative estimate of drug-likeness (QED) is 0.896. The van der Waals surface area contributed by atoms with E-state index in [0.717, 1.165) is 17.4 Å². The van der Waals surface area contributed by atoms with Crippen LogP contribution in [0.15, 0.2) is 36.4 Å². The van der Waals surface area contributed by atoms with E-state index in [1.807, 2.05) is 25.1 Å². The Morgan fingerprint density at radius 2 is 1.70 bits per heavy atom. The van der Waals surface area contributed by atoms with E-state index in [1.165, 1.54) is 10.9 Å². The van der Waals surface area contributed by atoms with Gasteiger partial charge in [0, 0.05) is 0 Å². The normalized spacial score (nSPS) is 15.4. The van der Waals surface area contributed by atoms with Crippen molar-refractivity contribution in [3.8, 4) is 0 Å². The highest BCUT2D eigenvalue weighted by Gasteiger charge is 2.23. The third kappa shape index (κ3) is 3.14. The molecule has 3 atom stereocenters. The van der Waals surface area contributed by atoms with Gasteiger partial charge in [0.2, 0.25) is 0 Å². The molecule has 2 nitrogen and oxygen atoms in total. The van der Waals surface area contributed by atoms with Gasteiger partial charge in [-0.25, -0.2) is 0 Å². The summed E-state index contributed by atoms with van der Waals surface area (Å²) in [5, 5.41) is 12.7. The van der Waals surface area contributed by atoms with Crippen LogP contribution in [0.2, 0.25) is 0 Å². The van der Waals surface area contributed by atoms with Gasteiger partial charge in [-0.05, 0) is 34.7 Å². The van der Waals surface area contributed by atoms with Gasteiger partial charge < -0.3 is 10.8 Å². The Balaban J connectivity index is 0.00000200. The molecule has 110 valence electrons. The summed E-state index contributed by atoms with van der Waals surface area (Å²) in [7, 11) is 0. The molecule has 2 aromatic carbocycles. The van der Waals surface area contributed by atoms with Crippen molar-refractivity contribution in [2.24, 2.45) is 11.7 Å². The lowest BCUT2D eigenvalue weighted by molar-refractivity contribution is 0.0884. The summed E-state index contributed by atoms with van der Waals surface area (Å²) in [6.45, 7) is 6.22. The molecule has 0 aliphatic carbocycles. The molecule has 0 fully saturated rings. The molecule has 0 radical (unpaired) electrons. The maximum absolute atomic E-state index is 10.3. The molecule has 0 saturated heterocycles. The molecule has 0 bridgehead atoms. The number of nitrogens with two attached hydrogens (primary N) is 1. The van der Waals surface area contributed by atoms with Crippen molar-refractivity contribution >= 4 is 23.2 Å². The highest BCUT2D eigenvalue weighted by atomic mass is 35.5. The van der Waals surface area contributed by atoms with Crippen LogP contribution in [0.5, 0.6) is 0 Å². The van der Waals surface area contributed by atoms with E-state index >= 15 is 0 Å². The zero-order valence-corrected chi connectivity index (χ0v) is 13.2. The first-order valence-electron chi connectivity index (χ1n) is 6.98. The van der Waals surface area contributed by atoms with Crippen molar-refractivity contribution in [3.05, 3.63) is 47.5 Å². The Hall–Kier alpha value is -1.09. The van der Waals surface area contributed by atoms with Gasteiger partial charge in [-0.15, -0.1) is 12.4 Å². The number of aryl methyl sites for hydroxylation is 1. The van der Waals surface area contributed by atoms with Crippen LogP contribution < -0.4 is 5.73 Å². The van der Waals surface area contributed by atoms with Gasteiger partial charge in [-0.3, -0.25) is 0 Å². The van der Waals surface area contributed by atoms with Crippen LogP contribution in [0, 0.1) is 12.8 Å². The van der Waals surface area contributed by atoms with E-state index in [9.17, 15) is 5.11 Å². The minimum absolute atomic E-state index is 0.